The summed E-state index contributed by atoms with van der Waals surface area (Å²) in [7, 11) is 1.96. The van der Waals surface area contributed by atoms with Crippen molar-refractivity contribution in [1.29, 1.82) is 0 Å². The number of aromatic nitrogens is 1. The van der Waals surface area contributed by atoms with Crippen LogP contribution in [0, 0.1) is 6.92 Å². The number of benzene rings is 2. The summed E-state index contributed by atoms with van der Waals surface area (Å²) in [5.74, 6) is 5.39. The fourth-order valence-electron chi connectivity index (χ4n) is 4.23. The molecule has 4 rings (SSSR count). The van der Waals surface area contributed by atoms with E-state index in [1.165, 1.54) is 41.7 Å². The number of piperazine rings is 1. The predicted octanol–water partition coefficient (Wildman–Crippen LogP) is 4.07. The molecule has 0 unspecified atom stereocenters. The lowest BCUT2D eigenvalue weighted by Crippen LogP contribution is -2.44. The lowest BCUT2D eigenvalue weighted by atomic mass is 10.1. The van der Waals surface area contributed by atoms with E-state index in [9.17, 15) is 22.8 Å². The van der Waals surface area contributed by atoms with Gasteiger partial charge < -0.3 is 26.2 Å². The first-order valence-electron chi connectivity index (χ1n) is 12.6. The molecule has 14 heteroatoms. The van der Waals surface area contributed by atoms with Gasteiger partial charge >= 0.3 is 6.18 Å². The second kappa shape index (κ2) is 12.2. The fraction of sp³-hybridized carbons (Fsp3) is 0.296. The average molecular weight is 589 g/mol. The van der Waals surface area contributed by atoms with Crippen LogP contribution in [0.25, 0.3) is 5.70 Å². The van der Waals surface area contributed by atoms with Crippen LogP contribution in [0.3, 0.4) is 0 Å². The van der Waals surface area contributed by atoms with E-state index in [1.54, 1.807) is 25.1 Å². The fourth-order valence-corrected chi connectivity index (χ4v) is 5.01. The van der Waals surface area contributed by atoms with Crippen molar-refractivity contribution in [2.75, 3.05) is 53.8 Å². The molecule has 6 N–H and O–H groups in total. The molecule has 218 valence electrons. The lowest BCUT2D eigenvalue weighted by Gasteiger charge is -2.34. The van der Waals surface area contributed by atoms with Crippen molar-refractivity contribution in [3.63, 3.8) is 0 Å². The number of amides is 2. The van der Waals surface area contributed by atoms with Crippen molar-refractivity contribution in [2.45, 2.75) is 20.0 Å². The average Bonchev–Trinajstić information content (AvgIpc) is 3.36. The van der Waals surface area contributed by atoms with E-state index < -0.39 is 17.6 Å². The Morgan fingerprint density at radius 1 is 1.10 bits per heavy atom. The Kier molecular flexibility index (Phi) is 8.85. The van der Waals surface area contributed by atoms with Gasteiger partial charge in [0.15, 0.2) is 5.13 Å². The first kappa shape index (κ1) is 29.8. The van der Waals surface area contributed by atoms with Crippen molar-refractivity contribution < 1.29 is 22.8 Å². The van der Waals surface area contributed by atoms with Crippen LogP contribution >= 0.6 is 11.3 Å². The van der Waals surface area contributed by atoms with Crippen LogP contribution in [-0.2, 0) is 11.0 Å². The number of carbonyl (C=O) groups is 2. The van der Waals surface area contributed by atoms with E-state index in [0.29, 0.717) is 34.5 Å². The number of hydrazine groups is 1. The van der Waals surface area contributed by atoms with Gasteiger partial charge in [0.1, 0.15) is 0 Å². The summed E-state index contributed by atoms with van der Waals surface area (Å²) in [4.78, 5) is 33.1. The van der Waals surface area contributed by atoms with Crippen molar-refractivity contribution in [3.05, 3.63) is 70.4 Å². The van der Waals surface area contributed by atoms with Crippen LogP contribution in [0.4, 0.5) is 35.4 Å². The monoisotopic (exact) mass is 588 g/mol. The molecule has 1 aromatic heterocycles. The molecule has 41 heavy (non-hydrogen) atoms. The van der Waals surface area contributed by atoms with Crippen LogP contribution in [-0.4, -0.2) is 54.9 Å². The number of anilines is 4. The highest BCUT2D eigenvalue weighted by Crippen LogP contribution is 2.35. The zero-order chi connectivity index (χ0) is 29.9. The van der Waals surface area contributed by atoms with E-state index in [2.05, 4.69) is 20.5 Å². The third kappa shape index (κ3) is 7.54. The Labute approximate surface area is 239 Å². The van der Waals surface area contributed by atoms with Crippen molar-refractivity contribution in [1.82, 2.24) is 9.88 Å². The maximum absolute atomic E-state index is 13.7. The van der Waals surface area contributed by atoms with Gasteiger partial charge in [-0.05, 0) is 49.9 Å². The zero-order valence-electron chi connectivity index (χ0n) is 22.7. The maximum atomic E-state index is 13.7. The zero-order valence-corrected chi connectivity index (χ0v) is 23.6. The first-order valence-corrected chi connectivity index (χ1v) is 13.4. The molecule has 0 saturated carbocycles. The summed E-state index contributed by atoms with van der Waals surface area (Å²) in [6.45, 7) is 5.75. The Morgan fingerprint density at radius 3 is 2.46 bits per heavy atom. The third-order valence-electron chi connectivity index (χ3n) is 6.47. The van der Waals surface area contributed by atoms with Gasteiger partial charge in [-0.3, -0.25) is 14.6 Å². The molecule has 1 saturated heterocycles. The van der Waals surface area contributed by atoms with Crippen LogP contribution < -0.4 is 32.1 Å². The standard InChI is InChI=1S/C27H31F3N8O2S/c1-16-4-5-18(10-23(16)38(32)15-22(31)24-14-33-26(41-24)34-17(2)39)25(40)35-20-11-19(27(28,29)30)12-21(13-20)37-8-6-36(3)7-9-37/h4-5,10-15H,6-9,31-32H2,1-3H3,(H,35,40)(H,33,34,39)/b22-15-. The minimum Gasteiger partial charge on any atom is -0.396 e. The Morgan fingerprint density at radius 2 is 1.80 bits per heavy atom. The van der Waals surface area contributed by atoms with Gasteiger partial charge in [-0.25, -0.2) is 10.8 Å². The van der Waals surface area contributed by atoms with Crippen molar-refractivity contribution >= 4 is 51.0 Å². The molecule has 10 nitrogen and oxygen atoms in total. The van der Waals surface area contributed by atoms with Gasteiger partial charge in [0, 0.05) is 62.4 Å². The summed E-state index contributed by atoms with van der Waals surface area (Å²) in [6.07, 6.45) is -1.63. The van der Waals surface area contributed by atoms with E-state index >= 15 is 0 Å². The molecule has 3 aromatic rings. The number of nitrogens with two attached hydrogens (primary N) is 2. The maximum Gasteiger partial charge on any atom is 0.416 e. The Balaban J connectivity index is 1.56. The van der Waals surface area contributed by atoms with E-state index in [4.69, 9.17) is 11.6 Å². The molecule has 0 bridgehead atoms. The van der Waals surface area contributed by atoms with Crippen LogP contribution in [0.1, 0.15) is 33.3 Å². The Hall–Kier alpha value is -4.14. The molecule has 1 aliphatic rings. The summed E-state index contributed by atoms with van der Waals surface area (Å²) in [5, 5.41) is 6.82. The van der Waals surface area contributed by atoms with Crippen molar-refractivity contribution in [3.8, 4) is 0 Å². The third-order valence-corrected chi connectivity index (χ3v) is 7.43. The van der Waals surface area contributed by atoms with E-state index in [0.717, 1.165) is 30.8 Å². The quantitative estimate of drug-likeness (QED) is 0.240. The number of rotatable bonds is 7. The second-order valence-corrected chi connectivity index (χ2v) is 10.7. The molecule has 0 aliphatic carbocycles. The molecule has 0 atom stereocenters. The number of nitrogens with zero attached hydrogens (tertiary/aromatic N) is 4. The highest BCUT2D eigenvalue weighted by molar-refractivity contribution is 7.16. The topological polar surface area (TPSA) is 133 Å². The van der Waals surface area contributed by atoms with Crippen LogP contribution in [0.5, 0.6) is 0 Å². The van der Waals surface area contributed by atoms with Gasteiger partial charge in [0.25, 0.3) is 5.91 Å². The summed E-state index contributed by atoms with van der Waals surface area (Å²) < 4.78 is 41.1. The number of nitrogens with one attached hydrogen (secondary N) is 2. The Bertz CT molecular complexity index is 1460. The number of likely N-dealkylation sites (N-methyl/N-ethyl adjacent to an activating group) is 1. The number of hydrogen-bond donors (Lipinski definition) is 4. The molecule has 2 heterocycles. The van der Waals surface area contributed by atoms with Crippen LogP contribution in [0.2, 0.25) is 0 Å². The second-order valence-electron chi connectivity index (χ2n) is 9.71. The molecule has 0 radical (unpaired) electrons. The normalized spacial score (nSPS) is 14.6. The smallest absolute Gasteiger partial charge is 0.396 e. The minimum atomic E-state index is -4.58. The van der Waals surface area contributed by atoms with Crippen LogP contribution in [0.15, 0.2) is 48.8 Å². The SMILES string of the molecule is CC(=O)Nc1ncc(/C(N)=C/N(N)c2cc(C(=O)Nc3cc(N4CCN(C)CC4)cc(C(F)(F)F)c3)ccc2C)s1. The number of hydrogen-bond acceptors (Lipinski definition) is 9. The highest BCUT2D eigenvalue weighted by Gasteiger charge is 2.32. The largest absolute Gasteiger partial charge is 0.416 e. The van der Waals surface area contributed by atoms with Crippen molar-refractivity contribution in [2.24, 2.45) is 11.6 Å². The number of halogens is 3. The lowest BCUT2D eigenvalue weighted by molar-refractivity contribution is -0.137. The number of thiazole rings is 1. The first-order chi connectivity index (χ1) is 19.3. The molecule has 2 aromatic carbocycles. The number of carbonyl (C=O) groups excluding carboxylic acids is 2. The van der Waals surface area contributed by atoms with Gasteiger partial charge in [-0.2, -0.15) is 13.2 Å². The van der Waals surface area contributed by atoms with E-state index in [-0.39, 0.29) is 22.9 Å². The minimum absolute atomic E-state index is 0.0368. The number of aryl methyl sites for hydroxylation is 1. The summed E-state index contributed by atoms with van der Waals surface area (Å²) >= 11 is 1.17. The van der Waals surface area contributed by atoms with E-state index in [1.807, 2.05) is 11.9 Å². The molecular weight excluding hydrogens is 557 g/mol. The molecule has 2 amide bonds. The number of alkyl halides is 3. The summed E-state index contributed by atoms with van der Waals surface area (Å²) in [6, 6.07) is 8.35. The van der Waals surface area contributed by atoms with Gasteiger partial charge in [0.2, 0.25) is 5.91 Å². The molecule has 0 spiro atoms. The van der Waals surface area contributed by atoms with Gasteiger partial charge in [-0.1, -0.05) is 17.4 Å². The molecule has 1 aliphatic heterocycles. The summed E-state index contributed by atoms with van der Waals surface area (Å²) in [5.41, 5.74) is 7.42. The molecule has 1 fully saturated rings. The van der Waals surface area contributed by atoms with Gasteiger partial charge in [-0.15, -0.1) is 0 Å². The van der Waals surface area contributed by atoms with Gasteiger partial charge in [0.05, 0.1) is 21.8 Å². The molecular formula is C27H31F3N8O2S. The predicted molar refractivity (Wildman–Crippen MR) is 156 cm³/mol. The highest BCUT2D eigenvalue weighted by atomic mass is 32.1.